The van der Waals surface area contributed by atoms with Gasteiger partial charge in [-0.25, -0.2) is 0 Å². The van der Waals surface area contributed by atoms with Crippen LogP contribution in [0.4, 0.5) is 0 Å². The summed E-state index contributed by atoms with van der Waals surface area (Å²) in [5.41, 5.74) is 1.76. The minimum Gasteiger partial charge on any atom is -0.496 e. The van der Waals surface area contributed by atoms with E-state index < -0.39 is 0 Å². The van der Waals surface area contributed by atoms with Crippen molar-refractivity contribution in [1.29, 1.82) is 0 Å². The monoisotopic (exact) mass is 372 g/mol. The number of hydrogen-bond acceptors (Lipinski definition) is 3. The molecule has 1 saturated heterocycles. The Morgan fingerprint density at radius 2 is 1.70 bits per heavy atom. The van der Waals surface area contributed by atoms with Crippen LogP contribution in [0.1, 0.15) is 61.4 Å². The highest BCUT2D eigenvalue weighted by Crippen LogP contribution is 2.26. The summed E-state index contributed by atoms with van der Waals surface area (Å²) in [6.07, 6.45) is 7.34. The summed E-state index contributed by atoms with van der Waals surface area (Å²) >= 11 is 0. The van der Waals surface area contributed by atoms with Crippen molar-refractivity contribution in [2.24, 2.45) is 5.92 Å². The van der Waals surface area contributed by atoms with E-state index in [0.717, 1.165) is 43.5 Å². The first-order valence-corrected chi connectivity index (χ1v) is 10.4. The van der Waals surface area contributed by atoms with Gasteiger partial charge in [0.05, 0.1) is 7.11 Å². The molecule has 1 aliphatic heterocycles. The zero-order valence-corrected chi connectivity index (χ0v) is 16.7. The highest BCUT2D eigenvalue weighted by atomic mass is 16.5. The number of amides is 2. The number of rotatable bonds is 4. The number of nitrogens with zero attached hydrogens (tertiary/aromatic N) is 2. The predicted octanol–water partition coefficient (Wildman–Crippen LogP) is 3.51. The fraction of sp³-hybridized carbons (Fsp3) is 0.636. The maximum absolute atomic E-state index is 13.0. The van der Waals surface area contributed by atoms with Crippen molar-refractivity contribution in [3.63, 3.8) is 0 Å². The zero-order chi connectivity index (χ0) is 19.2. The summed E-state index contributed by atoms with van der Waals surface area (Å²) in [4.78, 5) is 29.7. The van der Waals surface area contributed by atoms with Crippen molar-refractivity contribution in [1.82, 2.24) is 9.80 Å². The standard InChI is InChI=1S/C22H32N2O3/c1-3-17-16-19(10-11-20(17)27-2)22(26)24-13-7-12-23(14-15-24)21(25)18-8-5-4-6-9-18/h10-11,16,18H,3-9,12-15H2,1-2H3. The summed E-state index contributed by atoms with van der Waals surface area (Å²) in [7, 11) is 1.66. The third kappa shape index (κ3) is 4.63. The second-order valence-electron chi connectivity index (χ2n) is 7.69. The molecule has 148 valence electrons. The molecule has 2 fully saturated rings. The maximum Gasteiger partial charge on any atom is 0.253 e. The van der Waals surface area contributed by atoms with E-state index in [1.807, 2.05) is 28.0 Å². The molecule has 5 heteroatoms. The van der Waals surface area contributed by atoms with Crippen LogP contribution in [0.25, 0.3) is 0 Å². The quantitative estimate of drug-likeness (QED) is 0.813. The Bertz CT molecular complexity index is 668. The molecule has 0 N–H and O–H groups in total. The molecular formula is C22H32N2O3. The molecule has 0 atom stereocenters. The van der Waals surface area contributed by atoms with Gasteiger partial charge in [0.15, 0.2) is 0 Å². The van der Waals surface area contributed by atoms with E-state index in [1.54, 1.807) is 7.11 Å². The molecule has 2 amide bonds. The molecule has 0 unspecified atom stereocenters. The normalized spacial score (nSPS) is 18.9. The van der Waals surface area contributed by atoms with Crippen molar-refractivity contribution in [2.75, 3.05) is 33.3 Å². The Morgan fingerprint density at radius 1 is 1.00 bits per heavy atom. The van der Waals surface area contributed by atoms with E-state index in [4.69, 9.17) is 4.74 Å². The predicted molar refractivity (Wildman–Crippen MR) is 106 cm³/mol. The number of carbonyl (C=O) groups is 2. The van der Waals surface area contributed by atoms with Gasteiger partial charge >= 0.3 is 0 Å². The molecule has 1 aliphatic carbocycles. The van der Waals surface area contributed by atoms with Crippen LogP contribution in [0.15, 0.2) is 18.2 Å². The topological polar surface area (TPSA) is 49.9 Å². The van der Waals surface area contributed by atoms with Crippen molar-refractivity contribution >= 4 is 11.8 Å². The molecular weight excluding hydrogens is 340 g/mol. The highest BCUT2D eigenvalue weighted by Gasteiger charge is 2.28. The maximum atomic E-state index is 13.0. The smallest absolute Gasteiger partial charge is 0.253 e. The summed E-state index contributed by atoms with van der Waals surface area (Å²) in [5.74, 6) is 1.39. The Balaban J connectivity index is 1.63. The van der Waals surface area contributed by atoms with Crippen LogP contribution in [0.5, 0.6) is 5.75 Å². The van der Waals surface area contributed by atoms with Crippen LogP contribution < -0.4 is 4.74 Å². The van der Waals surface area contributed by atoms with E-state index in [1.165, 1.54) is 19.3 Å². The fourth-order valence-electron chi connectivity index (χ4n) is 4.32. The van der Waals surface area contributed by atoms with Crippen LogP contribution >= 0.6 is 0 Å². The first kappa shape index (κ1) is 19.7. The third-order valence-corrected chi connectivity index (χ3v) is 5.96. The lowest BCUT2D eigenvalue weighted by molar-refractivity contribution is -0.136. The summed E-state index contributed by atoms with van der Waals surface area (Å²) in [6.45, 7) is 4.80. The van der Waals surface area contributed by atoms with E-state index in [0.29, 0.717) is 31.1 Å². The van der Waals surface area contributed by atoms with Crippen LogP contribution in [0, 0.1) is 5.92 Å². The molecule has 0 bridgehead atoms. The first-order valence-electron chi connectivity index (χ1n) is 10.4. The van der Waals surface area contributed by atoms with Gasteiger partial charge < -0.3 is 14.5 Å². The van der Waals surface area contributed by atoms with Crippen LogP contribution in [-0.2, 0) is 11.2 Å². The number of aryl methyl sites for hydroxylation is 1. The summed E-state index contributed by atoms with van der Waals surface area (Å²) < 4.78 is 5.37. The first-order chi connectivity index (χ1) is 13.1. The van der Waals surface area contributed by atoms with E-state index >= 15 is 0 Å². The SMILES string of the molecule is CCc1cc(C(=O)N2CCCN(C(=O)C3CCCCC3)CC2)ccc1OC. The van der Waals surface area contributed by atoms with Crippen LogP contribution in [0.3, 0.4) is 0 Å². The van der Waals surface area contributed by atoms with Gasteiger partial charge in [-0.1, -0.05) is 26.2 Å². The van der Waals surface area contributed by atoms with Gasteiger partial charge in [0.1, 0.15) is 5.75 Å². The van der Waals surface area contributed by atoms with E-state index in [9.17, 15) is 9.59 Å². The molecule has 2 aliphatic rings. The lowest BCUT2D eigenvalue weighted by Gasteiger charge is -2.28. The molecule has 3 rings (SSSR count). The number of hydrogen-bond donors (Lipinski definition) is 0. The van der Waals surface area contributed by atoms with Crippen molar-refractivity contribution in [3.05, 3.63) is 29.3 Å². The molecule has 5 nitrogen and oxygen atoms in total. The summed E-state index contributed by atoms with van der Waals surface area (Å²) in [6, 6.07) is 5.66. The molecule has 0 aromatic heterocycles. The minimum absolute atomic E-state index is 0.0549. The lowest BCUT2D eigenvalue weighted by atomic mass is 9.88. The van der Waals surface area contributed by atoms with Gasteiger partial charge in [0.25, 0.3) is 5.91 Å². The number of carbonyl (C=O) groups excluding carboxylic acids is 2. The van der Waals surface area contributed by atoms with Gasteiger partial charge in [0, 0.05) is 37.7 Å². The van der Waals surface area contributed by atoms with Crippen molar-refractivity contribution in [3.8, 4) is 5.75 Å². The summed E-state index contributed by atoms with van der Waals surface area (Å²) in [5, 5.41) is 0. The molecule has 1 aromatic rings. The molecule has 0 radical (unpaired) electrons. The largest absolute Gasteiger partial charge is 0.496 e. The molecule has 1 heterocycles. The van der Waals surface area contributed by atoms with E-state index in [-0.39, 0.29) is 11.8 Å². The van der Waals surface area contributed by atoms with Gasteiger partial charge in [-0.15, -0.1) is 0 Å². The Morgan fingerprint density at radius 3 is 2.41 bits per heavy atom. The lowest BCUT2D eigenvalue weighted by Crippen LogP contribution is -2.40. The molecule has 1 aromatic carbocycles. The Labute approximate surface area is 162 Å². The molecule has 0 spiro atoms. The zero-order valence-electron chi connectivity index (χ0n) is 16.7. The Hall–Kier alpha value is -2.04. The van der Waals surface area contributed by atoms with Gasteiger partial charge in [0.2, 0.25) is 5.91 Å². The number of ether oxygens (including phenoxy) is 1. The average Bonchev–Trinajstić information content (AvgIpc) is 2.99. The highest BCUT2D eigenvalue weighted by molar-refractivity contribution is 5.94. The molecule has 1 saturated carbocycles. The second-order valence-corrected chi connectivity index (χ2v) is 7.69. The third-order valence-electron chi connectivity index (χ3n) is 5.96. The van der Waals surface area contributed by atoms with E-state index in [2.05, 4.69) is 6.92 Å². The second kappa shape index (κ2) is 9.25. The average molecular weight is 373 g/mol. The minimum atomic E-state index is 0.0549. The Kier molecular flexibility index (Phi) is 6.75. The van der Waals surface area contributed by atoms with Gasteiger partial charge in [-0.3, -0.25) is 9.59 Å². The molecule has 27 heavy (non-hydrogen) atoms. The number of benzene rings is 1. The van der Waals surface area contributed by atoms with Crippen LogP contribution in [-0.4, -0.2) is 54.9 Å². The van der Waals surface area contributed by atoms with Crippen LogP contribution in [0.2, 0.25) is 0 Å². The van der Waals surface area contributed by atoms with Crippen molar-refractivity contribution in [2.45, 2.75) is 51.9 Å². The van der Waals surface area contributed by atoms with Gasteiger partial charge in [-0.2, -0.15) is 0 Å². The van der Waals surface area contributed by atoms with Crippen molar-refractivity contribution < 1.29 is 14.3 Å². The number of methoxy groups -OCH3 is 1. The van der Waals surface area contributed by atoms with Gasteiger partial charge in [-0.05, 0) is 49.4 Å². The fourth-order valence-corrected chi connectivity index (χ4v) is 4.32.